The molecule has 3 nitrogen and oxygen atoms in total. The van der Waals surface area contributed by atoms with E-state index in [1.807, 2.05) is 0 Å². The van der Waals surface area contributed by atoms with Crippen molar-refractivity contribution >= 4 is 23.0 Å². The van der Waals surface area contributed by atoms with Crippen molar-refractivity contribution in [1.82, 2.24) is 0 Å². The van der Waals surface area contributed by atoms with Crippen molar-refractivity contribution in [3.8, 4) is 0 Å². The summed E-state index contributed by atoms with van der Waals surface area (Å²) in [5, 5.41) is 0.868. The normalized spacial score (nSPS) is 10.2. The molecule has 0 aliphatic heterocycles. The maximum absolute atomic E-state index is 11.3. The lowest BCUT2D eigenvalue weighted by molar-refractivity contribution is 0.0601. The summed E-state index contributed by atoms with van der Waals surface area (Å²) in [4.78, 5) is 11.3. The summed E-state index contributed by atoms with van der Waals surface area (Å²) in [6.07, 6.45) is 3.30. The van der Waals surface area contributed by atoms with Gasteiger partial charge in [0.15, 0.2) is 0 Å². The average Bonchev–Trinajstić information content (AvgIpc) is 2.69. The molecule has 1 aromatic heterocycles. The van der Waals surface area contributed by atoms with Crippen LogP contribution in [-0.4, -0.2) is 13.1 Å². The number of esters is 1. The number of methoxy groups -OCH3 is 1. The Labute approximate surface area is 87.0 Å². The van der Waals surface area contributed by atoms with Crippen LogP contribution in [0.2, 0.25) is 0 Å². The lowest BCUT2D eigenvalue weighted by atomic mass is 10.1. The highest BCUT2D eigenvalue weighted by Crippen LogP contribution is 2.23. The molecule has 15 heavy (non-hydrogen) atoms. The highest BCUT2D eigenvalue weighted by atomic mass is 16.5. The third-order valence-electron chi connectivity index (χ3n) is 2.24. The molecule has 0 spiro atoms. The second-order valence-corrected chi connectivity index (χ2v) is 3.10. The molecule has 76 valence electrons. The Hall–Kier alpha value is -2.03. The molecular formula is C12H10O3. The summed E-state index contributed by atoms with van der Waals surface area (Å²) in [6.45, 7) is 3.67. The van der Waals surface area contributed by atoms with Gasteiger partial charge in [-0.1, -0.05) is 12.7 Å². The molecule has 1 aromatic carbocycles. The molecule has 2 rings (SSSR count). The number of benzene rings is 1. The SMILES string of the molecule is C=Cc1coc2ccc(C(=O)OC)cc12. The van der Waals surface area contributed by atoms with Crippen molar-refractivity contribution < 1.29 is 13.9 Å². The summed E-state index contributed by atoms with van der Waals surface area (Å²) in [5.41, 5.74) is 2.11. The lowest BCUT2D eigenvalue weighted by Crippen LogP contribution is -2.00. The number of ether oxygens (including phenoxy) is 1. The molecule has 2 aromatic rings. The van der Waals surface area contributed by atoms with E-state index in [9.17, 15) is 4.79 Å². The van der Waals surface area contributed by atoms with Crippen LogP contribution in [0.15, 0.2) is 35.5 Å². The molecular weight excluding hydrogens is 192 g/mol. The number of hydrogen-bond donors (Lipinski definition) is 0. The highest BCUT2D eigenvalue weighted by Gasteiger charge is 2.09. The minimum atomic E-state index is -0.354. The van der Waals surface area contributed by atoms with Gasteiger partial charge in [0.2, 0.25) is 0 Å². The third-order valence-corrected chi connectivity index (χ3v) is 2.24. The number of carbonyl (C=O) groups is 1. The number of carbonyl (C=O) groups excluding carboxylic acids is 1. The van der Waals surface area contributed by atoms with E-state index in [4.69, 9.17) is 4.42 Å². The Morgan fingerprint density at radius 2 is 2.33 bits per heavy atom. The van der Waals surface area contributed by atoms with Crippen LogP contribution < -0.4 is 0 Å². The summed E-state index contributed by atoms with van der Waals surface area (Å²) >= 11 is 0. The highest BCUT2D eigenvalue weighted by molar-refractivity contribution is 5.96. The molecule has 0 saturated carbocycles. The molecule has 0 aliphatic rings. The molecule has 1 heterocycles. The van der Waals surface area contributed by atoms with E-state index < -0.39 is 0 Å². The standard InChI is InChI=1S/C12H10O3/c1-3-8-7-15-11-5-4-9(6-10(8)11)12(13)14-2/h3-7H,1H2,2H3. The smallest absolute Gasteiger partial charge is 0.337 e. The second kappa shape index (κ2) is 3.61. The van der Waals surface area contributed by atoms with Gasteiger partial charge in [-0.3, -0.25) is 0 Å². The molecule has 0 atom stereocenters. The van der Waals surface area contributed by atoms with Crippen LogP contribution in [0.1, 0.15) is 15.9 Å². The summed E-state index contributed by atoms with van der Waals surface area (Å²) in [7, 11) is 1.36. The molecule has 3 heteroatoms. The topological polar surface area (TPSA) is 39.4 Å². The van der Waals surface area contributed by atoms with E-state index in [-0.39, 0.29) is 5.97 Å². The predicted octanol–water partition coefficient (Wildman–Crippen LogP) is 2.86. The van der Waals surface area contributed by atoms with Gasteiger partial charge in [-0.15, -0.1) is 0 Å². The Kier molecular flexibility index (Phi) is 2.29. The molecule has 0 fully saturated rings. The minimum absolute atomic E-state index is 0.354. The number of rotatable bonds is 2. The Morgan fingerprint density at radius 1 is 1.53 bits per heavy atom. The van der Waals surface area contributed by atoms with Crippen molar-refractivity contribution in [2.75, 3.05) is 7.11 Å². The summed E-state index contributed by atoms with van der Waals surface area (Å²) < 4.78 is 9.92. The first-order valence-corrected chi connectivity index (χ1v) is 4.48. The maximum atomic E-state index is 11.3. The van der Waals surface area contributed by atoms with E-state index in [0.717, 1.165) is 16.5 Å². The van der Waals surface area contributed by atoms with E-state index in [1.165, 1.54) is 7.11 Å². The van der Waals surface area contributed by atoms with Crippen LogP contribution in [0.3, 0.4) is 0 Å². The van der Waals surface area contributed by atoms with Gasteiger partial charge < -0.3 is 9.15 Å². The first-order valence-electron chi connectivity index (χ1n) is 4.48. The van der Waals surface area contributed by atoms with Gasteiger partial charge in [-0.25, -0.2) is 4.79 Å². The molecule has 0 radical (unpaired) electrons. The lowest BCUT2D eigenvalue weighted by Gasteiger charge is -1.98. The maximum Gasteiger partial charge on any atom is 0.337 e. The van der Waals surface area contributed by atoms with E-state index in [2.05, 4.69) is 11.3 Å². The molecule has 0 aliphatic carbocycles. The van der Waals surface area contributed by atoms with Crippen LogP contribution in [0.5, 0.6) is 0 Å². The van der Waals surface area contributed by atoms with E-state index in [1.54, 1.807) is 30.5 Å². The monoisotopic (exact) mass is 202 g/mol. The van der Waals surface area contributed by atoms with Gasteiger partial charge in [0.05, 0.1) is 18.9 Å². The first kappa shape index (κ1) is 9.52. The second-order valence-electron chi connectivity index (χ2n) is 3.10. The van der Waals surface area contributed by atoms with Gasteiger partial charge in [0.1, 0.15) is 5.58 Å². The first-order chi connectivity index (χ1) is 7.26. The fraction of sp³-hybridized carbons (Fsp3) is 0.0833. The van der Waals surface area contributed by atoms with E-state index >= 15 is 0 Å². The van der Waals surface area contributed by atoms with Crippen LogP contribution in [0.4, 0.5) is 0 Å². The Morgan fingerprint density at radius 3 is 3.00 bits per heavy atom. The van der Waals surface area contributed by atoms with Crippen molar-refractivity contribution in [3.63, 3.8) is 0 Å². The van der Waals surface area contributed by atoms with Crippen LogP contribution >= 0.6 is 0 Å². The quantitative estimate of drug-likeness (QED) is 0.703. The summed E-state index contributed by atoms with van der Waals surface area (Å²) in [5.74, 6) is -0.354. The van der Waals surface area contributed by atoms with Crippen molar-refractivity contribution in [2.45, 2.75) is 0 Å². The fourth-order valence-electron chi connectivity index (χ4n) is 1.45. The summed E-state index contributed by atoms with van der Waals surface area (Å²) in [6, 6.07) is 5.15. The van der Waals surface area contributed by atoms with E-state index in [0.29, 0.717) is 5.56 Å². The van der Waals surface area contributed by atoms with Gasteiger partial charge >= 0.3 is 5.97 Å². The van der Waals surface area contributed by atoms with Gasteiger partial charge in [0, 0.05) is 10.9 Å². The van der Waals surface area contributed by atoms with Crippen molar-refractivity contribution in [2.24, 2.45) is 0 Å². The average molecular weight is 202 g/mol. The van der Waals surface area contributed by atoms with Crippen molar-refractivity contribution in [3.05, 3.63) is 42.2 Å². The number of hydrogen-bond acceptors (Lipinski definition) is 3. The predicted molar refractivity (Wildman–Crippen MR) is 57.6 cm³/mol. The molecule has 0 bridgehead atoms. The van der Waals surface area contributed by atoms with Crippen LogP contribution in [0.25, 0.3) is 17.0 Å². The van der Waals surface area contributed by atoms with Crippen LogP contribution in [0, 0.1) is 0 Å². The zero-order valence-electron chi connectivity index (χ0n) is 8.32. The van der Waals surface area contributed by atoms with Gasteiger partial charge in [0.25, 0.3) is 0 Å². The zero-order chi connectivity index (χ0) is 10.8. The Bertz CT molecular complexity index is 523. The minimum Gasteiger partial charge on any atom is -0.465 e. The molecule has 0 N–H and O–H groups in total. The fourth-order valence-corrected chi connectivity index (χ4v) is 1.45. The molecule has 0 saturated heterocycles. The number of fused-ring (bicyclic) bond motifs is 1. The third kappa shape index (κ3) is 1.52. The zero-order valence-corrected chi connectivity index (χ0v) is 8.32. The molecule has 0 amide bonds. The van der Waals surface area contributed by atoms with Crippen LogP contribution in [-0.2, 0) is 4.74 Å². The molecule has 0 unspecified atom stereocenters. The van der Waals surface area contributed by atoms with Gasteiger partial charge in [-0.2, -0.15) is 0 Å². The van der Waals surface area contributed by atoms with Gasteiger partial charge in [-0.05, 0) is 18.2 Å². The Balaban J connectivity index is 2.62. The largest absolute Gasteiger partial charge is 0.465 e. The number of furan rings is 1. The van der Waals surface area contributed by atoms with Crippen molar-refractivity contribution in [1.29, 1.82) is 0 Å².